The predicted octanol–water partition coefficient (Wildman–Crippen LogP) is -0.150. The summed E-state index contributed by atoms with van der Waals surface area (Å²) in [6, 6.07) is 0. The van der Waals surface area contributed by atoms with Gasteiger partial charge in [-0.15, -0.1) is 0 Å². The van der Waals surface area contributed by atoms with Crippen LogP contribution in [0.3, 0.4) is 0 Å². The van der Waals surface area contributed by atoms with Gasteiger partial charge in [0.05, 0.1) is 25.2 Å². The Bertz CT molecular complexity index is 225. The van der Waals surface area contributed by atoms with Crippen LogP contribution in [0.15, 0.2) is 0 Å². The Hall–Kier alpha value is -0.370. The molecule has 16 heavy (non-hydrogen) atoms. The van der Waals surface area contributed by atoms with Crippen molar-refractivity contribution in [3.8, 4) is 0 Å². The Morgan fingerprint density at radius 1 is 1.44 bits per heavy atom. The molecule has 1 fully saturated rings. The highest BCUT2D eigenvalue weighted by Crippen LogP contribution is 2.28. The van der Waals surface area contributed by atoms with Crippen LogP contribution in [0.2, 0.25) is 0 Å². The minimum absolute atomic E-state index is 0.126. The van der Waals surface area contributed by atoms with E-state index in [1.54, 1.807) is 0 Å². The van der Waals surface area contributed by atoms with Crippen molar-refractivity contribution in [2.24, 2.45) is 5.41 Å². The highest BCUT2D eigenvalue weighted by molar-refractivity contribution is 4.88. The molecule has 1 atom stereocenters. The lowest BCUT2D eigenvalue weighted by molar-refractivity contribution is -0.211. The van der Waals surface area contributed by atoms with Gasteiger partial charge in [0.1, 0.15) is 0 Å². The van der Waals surface area contributed by atoms with Gasteiger partial charge in [-0.05, 0) is 7.05 Å². The molecule has 1 aliphatic rings. The standard InChI is InChI=1S/C9H16F3NO3/c1-13(2-7(15)9(10,11)12)3-8(4-14)5-16-6-8/h7,14-15H,2-6H2,1H3. The fraction of sp³-hybridized carbons (Fsp3) is 1.00. The summed E-state index contributed by atoms with van der Waals surface area (Å²) in [4.78, 5) is 1.36. The van der Waals surface area contributed by atoms with E-state index < -0.39 is 24.2 Å². The summed E-state index contributed by atoms with van der Waals surface area (Å²) < 4.78 is 41.1. The molecule has 1 saturated heterocycles. The minimum Gasteiger partial charge on any atom is -0.396 e. The Labute approximate surface area is 91.6 Å². The van der Waals surface area contributed by atoms with Gasteiger partial charge in [0.15, 0.2) is 6.10 Å². The SMILES string of the molecule is CN(CC(O)C(F)(F)F)CC1(CO)COC1. The molecule has 1 aliphatic heterocycles. The number of halogens is 3. The van der Waals surface area contributed by atoms with Crippen LogP contribution in [0.4, 0.5) is 13.2 Å². The Balaban J connectivity index is 2.38. The molecule has 1 heterocycles. The maximum Gasteiger partial charge on any atom is 0.415 e. The molecule has 2 N–H and O–H groups in total. The van der Waals surface area contributed by atoms with Gasteiger partial charge in [0.25, 0.3) is 0 Å². The third-order valence-electron chi connectivity index (χ3n) is 2.62. The molecule has 0 aromatic heterocycles. The maximum absolute atomic E-state index is 12.1. The van der Waals surface area contributed by atoms with Crippen LogP contribution in [0.5, 0.6) is 0 Å². The molecule has 4 nitrogen and oxygen atoms in total. The van der Waals surface area contributed by atoms with Crippen LogP contribution < -0.4 is 0 Å². The topological polar surface area (TPSA) is 52.9 Å². The molecular weight excluding hydrogens is 227 g/mol. The molecular formula is C9H16F3NO3. The van der Waals surface area contributed by atoms with E-state index in [1.807, 2.05) is 0 Å². The van der Waals surface area contributed by atoms with Crippen LogP contribution in [-0.2, 0) is 4.74 Å². The number of likely N-dealkylation sites (N-methyl/N-ethyl adjacent to an activating group) is 1. The van der Waals surface area contributed by atoms with Gasteiger partial charge >= 0.3 is 6.18 Å². The number of rotatable bonds is 5. The summed E-state index contributed by atoms with van der Waals surface area (Å²) in [5.41, 5.74) is -0.472. The molecule has 0 radical (unpaired) electrons. The Kier molecular flexibility index (Phi) is 4.17. The first kappa shape index (κ1) is 13.7. The van der Waals surface area contributed by atoms with Gasteiger partial charge in [-0.2, -0.15) is 13.2 Å². The second-order valence-corrected chi connectivity index (χ2v) is 4.41. The van der Waals surface area contributed by atoms with Crippen molar-refractivity contribution >= 4 is 0 Å². The summed E-state index contributed by atoms with van der Waals surface area (Å²) >= 11 is 0. The fourth-order valence-electron chi connectivity index (χ4n) is 1.66. The number of aliphatic hydroxyl groups excluding tert-OH is 2. The lowest BCUT2D eigenvalue weighted by Crippen LogP contribution is -2.54. The summed E-state index contributed by atoms with van der Waals surface area (Å²) in [5, 5.41) is 17.9. The van der Waals surface area contributed by atoms with E-state index in [4.69, 9.17) is 14.9 Å². The second kappa shape index (κ2) is 4.87. The van der Waals surface area contributed by atoms with Gasteiger partial charge in [-0.3, -0.25) is 0 Å². The highest BCUT2D eigenvalue weighted by Gasteiger charge is 2.42. The van der Waals surface area contributed by atoms with E-state index in [9.17, 15) is 13.2 Å². The van der Waals surface area contributed by atoms with Crippen LogP contribution in [0, 0.1) is 5.41 Å². The number of nitrogens with zero attached hydrogens (tertiary/aromatic N) is 1. The summed E-state index contributed by atoms with van der Waals surface area (Å²) in [7, 11) is 1.48. The monoisotopic (exact) mass is 243 g/mol. The molecule has 7 heteroatoms. The van der Waals surface area contributed by atoms with Gasteiger partial charge in [-0.1, -0.05) is 0 Å². The number of hydrogen-bond donors (Lipinski definition) is 2. The lowest BCUT2D eigenvalue weighted by atomic mass is 9.86. The molecule has 1 unspecified atom stereocenters. The van der Waals surface area contributed by atoms with Crippen molar-refractivity contribution in [1.82, 2.24) is 4.90 Å². The maximum atomic E-state index is 12.1. The van der Waals surface area contributed by atoms with Crippen molar-refractivity contribution in [2.45, 2.75) is 12.3 Å². The van der Waals surface area contributed by atoms with Crippen molar-refractivity contribution in [2.75, 3.05) is 40.0 Å². The van der Waals surface area contributed by atoms with Gasteiger partial charge in [0, 0.05) is 13.1 Å². The highest BCUT2D eigenvalue weighted by atomic mass is 19.4. The Morgan fingerprint density at radius 2 is 2.00 bits per heavy atom. The number of hydrogen-bond acceptors (Lipinski definition) is 4. The molecule has 0 saturated carbocycles. The first-order valence-electron chi connectivity index (χ1n) is 4.91. The molecule has 0 aliphatic carbocycles. The summed E-state index contributed by atoms with van der Waals surface area (Å²) in [6.45, 7) is 0.341. The van der Waals surface area contributed by atoms with E-state index in [0.29, 0.717) is 13.2 Å². The zero-order valence-electron chi connectivity index (χ0n) is 9.00. The summed E-state index contributed by atoms with van der Waals surface area (Å²) in [5.74, 6) is 0. The second-order valence-electron chi connectivity index (χ2n) is 4.41. The molecule has 1 rings (SSSR count). The number of ether oxygens (including phenoxy) is 1. The average Bonchev–Trinajstić information content (AvgIpc) is 2.09. The van der Waals surface area contributed by atoms with Crippen LogP contribution >= 0.6 is 0 Å². The van der Waals surface area contributed by atoms with Crippen molar-refractivity contribution in [1.29, 1.82) is 0 Å². The van der Waals surface area contributed by atoms with E-state index in [1.165, 1.54) is 11.9 Å². The Morgan fingerprint density at radius 3 is 2.31 bits per heavy atom. The lowest BCUT2D eigenvalue weighted by Gasteiger charge is -2.42. The van der Waals surface area contributed by atoms with Gasteiger partial charge in [-0.25, -0.2) is 0 Å². The van der Waals surface area contributed by atoms with Gasteiger partial charge < -0.3 is 19.8 Å². The van der Waals surface area contributed by atoms with Crippen LogP contribution in [0.25, 0.3) is 0 Å². The van der Waals surface area contributed by atoms with E-state index in [0.717, 1.165) is 0 Å². The molecule has 96 valence electrons. The number of aliphatic hydroxyl groups is 2. The largest absolute Gasteiger partial charge is 0.415 e. The molecule has 0 aromatic carbocycles. The smallest absolute Gasteiger partial charge is 0.396 e. The zero-order chi connectivity index (χ0) is 12.4. The van der Waals surface area contributed by atoms with E-state index in [-0.39, 0.29) is 13.2 Å². The third kappa shape index (κ3) is 3.31. The van der Waals surface area contributed by atoms with Crippen molar-refractivity contribution in [3.05, 3.63) is 0 Å². The molecule has 0 amide bonds. The van der Waals surface area contributed by atoms with Crippen LogP contribution in [-0.4, -0.2) is 67.4 Å². The van der Waals surface area contributed by atoms with Crippen LogP contribution in [0.1, 0.15) is 0 Å². The fourth-order valence-corrected chi connectivity index (χ4v) is 1.66. The average molecular weight is 243 g/mol. The minimum atomic E-state index is -4.60. The normalized spacial score (nSPS) is 21.9. The molecule has 0 spiro atoms. The zero-order valence-corrected chi connectivity index (χ0v) is 9.00. The summed E-state index contributed by atoms with van der Waals surface area (Å²) in [6.07, 6.45) is -6.95. The first-order chi connectivity index (χ1) is 7.29. The van der Waals surface area contributed by atoms with E-state index >= 15 is 0 Å². The van der Waals surface area contributed by atoms with E-state index in [2.05, 4.69) is 0 Å². The van der Waals surface area contributed by atoms with Crippen molar-refractivity contribution < 1.29 is 28.1 Å². The molecule has 0 aromatic rings. The van der Waals surface area contributed by atoms with Crippen molar-refractivity contribution in [3.63, 3.8) is 0 Å². The van der Waals surface area contributed by atoms with Gasteiger partial charge in [0.2, 0.25) is 0 Å². The first-order valence-corrected chi connectivity index (χ1v) is 4.91. The predicted molar refractivity (Wildman–Crippen MR) is 49.9 cm³/mol. The molecule has 0 bridgehead atoms. The number of alkyl halides is 3. The quantitative estimate of drug-likeness (QED) is 0.705. The third-order valence-corrected chi connectivity index (χ3v) is 2.62.